The number of thioether (sulfide) groups is 1. The number of carboxylic acids is 1. The Kier molecular flexibility index (Phi) is 5.34. The third-order valence-electron chi connectivity index (χ3n) is 3.97. The number of carbonyl (C=O) groups excluding carboxylic acids is 1. The van der Waals surface area contributed by atoms with Crippen LogP contribution in [0.3, 0.4) is 0 Å². The third kappa shape index (κ3) is 3.94. The normalized spacial score (nSPS) is 21.5. The van der Waals surface area contributed by atoms with Gasteiger partial charge < -0.3 is 14.7 Å². The van der Waals surface area contributed by atoms with Crippen LogP contribution in [0.2, 0.25) is 0 Å². The Hall–Kier alpha value is -1.69. The second kappa shape index (κ2) is 7.05. The van der Waals surface area contributed by atoms with E-state index in [0.29, 0.717) is 25.3 Å². The highest BCUT2D eigenvalue weighted by atomic mass is 32.2. The number of nitrogens with zero attached hydrogens (tertiary/aromatic N) is 1. The molecule has 5 nitrogen and oxygen atoms in total. The number of carboxylic acid groups (broad SMARTS) is 1. The van der Waals surface area contributed by atoms with Gasteiger partial charge in [-0.3, -0.25) is 9.59 Å². The molecule has 0 aromatic heterocycles. The number of likely N-dealkylation sites (tertiary alicyclic amines) is 1. The van der Waals surface area contributed by atoms with E-state index < -0.39 is 11.4 Å². The van der Waals surface area contributed by atoms with Crippen LogP contribution in [0.15, 0.2) is 29.2 Å². The zero-order chi connectivity index (χ0) is 16.2. The topological polar surface area (TPSA) is 66.8 Å². The van der Waals surface area contributed by atoms with Crippen LogP contribution >= 0.6 is 11.8 Å². The van der Waals surface area contributed by atoms with Crippen LogP contribution in [-0.4, -0.2) is 47.8 Å². The number of amides is 1. The highest BCUT2D eigenvalue weighted by molar-refractivity contribution is 8.00. The Morgan fingerprint density at radius 1 is 1.45 bits per heavy atom. The average molecular weight is 323 g/mol. The van der Waals surface area contributed by atoms with E-state index in [-0.39, 0.29) is 5.91 Å². The third-order valence-corrected chi connectivity index (χ3v) is 4.95. The van der Waals surface area contributed by atoms with Crippen molar-refractivity contribution in [1.29, 1.82) is 0 Å². The molecular formula is C16H21NO4S. The zero-order valence-corrected chi connectivity index (χ0v) is 13.7. The Morgan fingerprint density at radius 2 is 2.23 bits per heavy atom. The molecule has 1 N–H and O–H groups in total. The van der Waals surface area contributed by atoms with Crippen molar-refractivity contribution in [2.45, 2.75) is 24.7 Å². The predicted octanol–water partition coefficient (Wildman–Crippen LogP) is 2.50. The fraction of sp³-hybridized carbons (Fsp3) is 0.500. The molecular weight excluding hydrogens is 302 g/mol. The smallest absolute Gasteiger partial charge is 0.311 e. The number of rotatable bonds is 5. The lowest BCUT2D eigenvalue weighted by atomic mass is 9.82. The van der Waals surface area contributed by atoms with E-state index in [0.717, 1.165) is 17.1 Å². The summed E-state index contributed by atoms with van der Waals surface area (Å²) in [6.07, 6.45) is 1.35. The highest BCUT2D eigenvalue weighted by Crippen LogP contribution is 2.30. The fourth-order valence-corrected chi connectivity index (χ4v) is 3.40. The largest absolute Gasteiger partial charge is 0.497 e. The number of ether oxygens (including phenoxy) is 1. The van der Waals surface area contributed by atoms with Gasteiger partial charge in [0.25, 0.3) is 0 Å². The van der Waals surface area contributed by atoms with Gasteiger partial charge in [-0.2, -0.15) is 0 Å². The van der Waals surface area contributed by atoms with Gasteiger partial charge in [-0.05, 0) is 38.0 Å². The van der Waals surface area contributed by atoms with Crippen LogP contribution in [-0.2, 0) is 9.59 Å². The number of carbonyl (C=O) groups is 2. The van der Waals surface area contributed by atoms with Crippen LogP contribution in [0.1, 0.15) is 19.8 Å². The molecule has 1 aliphatic heterocycles. The first-order chi connectivity index (χ1) is 10.4. The van der Waals surface area contributed by atoms with Gasteiger partial charge >= 0.3 is 5.97 Å². The minimum atomic E-state index is -0.828. The lowest BCUT2D eigenvalue weighted by Crippen LogP contribution is -2.48. The molecule has 1 saturated heterocycles. The van der Waals surface area contributed by atoms with Crippen molar-refractivity contribution in [3.05, 3.63) is 24.3 Å². The summed E-state index contributed by atoms with van der Waals surface area (Å²) in [4.78, 5) is 26.3. The first kappa shape index (κ1) is 16.7. The van der Waals surface area contributed by atoms with Crippen LogP contribution in [0.5, 0.6) is 5.75 Å². The number of aliphatic carboxylic acids is 1. The predicted molar refractivity (Wildman–Crippen MR) is 85.3 cm³/mol. The van der Waals surface area contributed by atoms with Crippen LogP contribution in [0.4, 0.5) is 0 Å². The molecule has 120 valence electrons. The Labute approximate surface area is 134 Å². The molecule has 1 atom stereocenters. The summed E-state index contributed by atoms with van der Waals surface area (Å²) in [5.41, 5.74) is -0.825. The van der Waals surface area contributed by atoms with Crippen molar-refractivity contribution in [3.63, 3.8) is 0 Å². The molecule has 1 unspecified atom stereocenters. The molecule has 0 saturated carbocycles. The number of methoxy groups -OCH3 is 1. The summed E-state index contributed by atoms with van der Waals surface area (Å²) in [5.74, 6) is 0.224. The number of benzene rings is 1. The van der Waals surface area contributed by atoms with E-state index in [2.05, 4.69) is 0 Å². The number of hydrogen-bond acceptors (Lipinski definition) is 4. The molecule has 1 aromatic rings. The van der Waals surface area contributed by atoms with E-state index in [4.69, 9.17) is 4.74 Å². The SMILES string of the molecule is COc1cccc(SCC(=O)N2CCCC(C)(C(=O)O)C2)c1. The molecule has 0 radical (unpaired) electrons. The first-order valence-electron chi connectivity index (χ1n) is 7.23. The van der Waals surface area contributed by atoms with Crippen LogP contribution in [0, 0.1) is 5.41 Å². The van der Waals surface area contributed by atoms with E-state index in [1.54, 1.807) is 18.9 Å². The summed E-state index contributed by atoms with van der Waals surface area (Å²) in [5, 5.41) is 9.31. The monoisotopic (exact) mass is 323 g/mol. The summed E-state index contributed by atoms with van der Waals surface area (Å²) in [7, 11) is 1.61. The minimum Gasteiger partial charge on any atom is -0.497 e. The molecule has 1 heterocycles. The van der Waals surface area contributed by atoms with E-state index >= 15 is 0 Å². The van der Waals surface area contributed by atoms with Crippen molar-refractivity contribution in [2.24, 2.45) is 5.41 Å². The van der Waals surface area contributed by atoms with Crippen LogP contribution in [0.25, 0.3) is 0 Å². The summed E-state index contributed by atoms with van der Waals surface area (Å²) in [6, 6.07) is 7.55. The molecule has 1 aromatic carbocycles. The molecule has 6 heteroatoms. The minimum absolute atomic E-state index is 0.0139. The standard InChI is InChI=1S/C16H21NO4S/c1-16(15(19)20)7-4-8-17(11-16)14(18)10-22-13-6-3-5-12(9-13)21-2/h3,5-6,9H,4,7-8,10-11H2,1-2H3,(H,19,20). The number of hydrogen-bond donors (Lipinski definition) is 1. The summed E-state index contributed by atoms with van der Waals surface area (Å²) >= 11 is 1.44. The first-order valence-corrected chi connectivity index (χ1v) is 8.21. The molecule has 0 aliphatic carbocycles. The summed E-state index contributed by atoms with van der Waals surface area (Å²) in [6.45, 7) is 2.64. The summed E-state index contributed by atoms with van der Waals surface area (Å²) < 4.78 is 5.16. The maximum Gasteiger partial charge on any atom is 0.311 e. The van der Waals surface area contributed by atoms with Gasteiger partial charge in [0.15, 0.2) is 0 Å². The molecule has 1 amide bonds. The van der Waals surface area contributed by atoms with Gasteiger partial charge in [-0.15, -0.1) is 11.8 Å². The Morgan fingerprint density at radius 3 is 2.91 bits per heavy atom. The van der Waals surface area contributed by atoms with Gasteiger partial charge in [0.1, 0.15) is 5.75 Å². The lowest BCUT2D eigenvalue weighted by Gasteiger charge is -2.37. The maximum atomic E-state index is 12.3. The van der Waals surface area contributed by atoms with Crippen molar-refractivity contribution in [1.82, 2.24) is 4.90 Å². The maximum absolute atomic E-state index is 12.3. The van der Waals surface area contributed by atoms with Gasteiger partial charge in [-0.1, -0.05) is 6.07 Å². The van der Waals surface area contributed by atoms with Gasteiger partial charge in [0.05, 0.1) is 18.3 Å². The van der Waals surface area contributed by atoms with Crippen molar-refractivity contribution in [2.75, 3.05) is 26.0 Å². The highest BCUT2D eigenvalue weighted by Gasteiger charge is 2.39. The van der Waals surface area contributed by atoms with E-state index in [1.807, 2.05) is 24.3 Å². The molecule has 1 aliphatic rings. The van der Waals surface area contributed by atoms with Crippen LogP contribution < -0.4 is 4.74 Å². The quantitative estimate of drug-likeness (QED) is 0.843. The van der Waals surface area contributed by atoms with Gasteiger partial charge in [0, 0.05) is 18.0 Å². The zero-order valence-electron chi connectivity index (χ0n) is 12.9. The lowest BCUT2D eigenvalue weighted by molar-refractivity contribution is -0.153. The van der Waals surface area contributed by atoms with Crippen molar-refractivity contribution >= 4 is 23.6 Å². The van der Waals surface area contributed by atoms with E-state index in [9.17, 15) is 14.7 Å². The average Bonchev–Trinajstić information content (AvgIpc) is 2.52. The Balaban J connectivity index is 1.93. The van der Waals surface area contributed by atoms with Gasteiger partial charge in [-0.25, -0.2) is 0 Å². The Bertz CT molecular complexity index is 563. The molecule has 2 rings (SSSR count). The van der Waals surface area contributed by atoms with E-state index in [1.165, 1.54) is 11.8 Å². The molecule has 0 spiro atoms. The number of piperidine rings is 1. The molecule has 1 fully saturated rings. The second-order valence-electron chi connectivity index (χ2n) is 5.75. The second-order valence-corrected chi connectivity index (χ2v) is 6.80. The molecule has 22 heavy (non-hydrogen) atoms. The van der Waals surface area contributed by atoms with Crippen molar-refractivity contribution in [3.8, 4) is 5.75 Å². The molecule has 0 bridgehead atoms. The fourth-order valence-electron chi connectivity index (χ4n) is 2.55. The van der Waals surface area contributed by atoms with Gasteiger partial charge in [0.2, 0.25) is 5.91 Å². The van der Waals surface area contributed by atoms with Crippen molar-refractivity contribution < 1.29 is 19.4 Å².